The fourth-order valence-electron chi connectivity index (χ4n) is 3.09. The number of carbonyl (C=O) groups excluding carboxylic acids is 1. The number of fused-ring (bicyclic) bond motifs is 1. The normalized spacial score (nSPS) is 11.0. The Hall–Kier alpha value is -2.96. The van der Waals surface area contributed by atoms with Crippen molar-refractivity contribution in [3.05, 3.63) is 87.5 Å². The Balaban J connectivity index is 1.73. The highest BCUT2D eigenvalue weighted by Gasteiger charge is 2.19. The molecule has 4 aromatic rings. The van der Waals surface area contributed by atoms with Gasteiger partial charge >= 0.3 is 0 Å². The average Bonchev–Trinajstić information content (AvgIpc) is 3.06. The van der Waals surface area contributed by atoms with E-state index >= 15 is 0 Å². The second kappa shape index (κ2) is 7.81. The van der Waals surface area contributed by atoms with Crippen LogP contribution in [0.4, 0.5) is 10.1 Å². The minimum atomic E-state index is -0.602. The summed E-state index contributed by atoms with van der Waals surface area (Å²) < 4.78 is 15.8. The summed E-state index contributed by atoms with van der Waals surface area (Å²) in [6.45, 7) is 2.03. The van der Waals surface area contributed by atoms with Gasteiger partial charge in [-0.25, -0.2) is 4.39 Å². The minimum absolute atomic E-state index is 0.0874. The number of carbonyl (C=O) groups is 1. The predicted molar refractivity (Wildman–Crippen MR) is 112 cm³/mol. The van der Waals surface area contributed by atoms with Gasteiger partial charge in [0.25, 0.3) is 5.91 Å². The van der Waals surface area contributed by atoms with E-state index in [0.29, 0.717) is 27.5 Å². The van der Waals surface area contributed by atoms with Gasteiger partial charge in [-0.15, -0.1) is 0 Å². The van der Waals surface area contributed by atoms with Gasteiger partial charge in [0.15, 0.2) is 11.5 Å². The highest BCUT2D eigenvalue weighted by molar-refractivity contribution is 6.35. The molecular weight excluding hydrogens is 414 g/mol. The van der Waals surface area contributed by atoms with Crippen molar-refractivity contribution < 1.29 is 9.18 Å². The number of nitrogens with zero attached hydrogens (tertiary/aromatic N) is 3. The van der Waals surface area contributed by atoms with E-state index in [0.717, 1.165) is 17.3 Å². The second-order valence-corrected chi connectivity index (χ2v) is 7.37. The average molecular weight is 429 g/mol. The summed E-state index contributed by atoms with van der Waals surface area (Å²) in [5.74, 6) is -1.11. The number of rotatable bonds is 4. The van der Waals surface area contributed by atoms with E-state index in [1.165, 1.54) is 6.20 Å². The first-order valence-corrected chi connectivity index (χ1v) is 9.50. The molecule has 0 aliphatic rings. The number of aromatic nitrogens is 3. The molecule has 2 aromatic carbocycles. The molecule has 0 aliphatic carbocycles. The van der Waals surface area contributed by atoms with Gasteiger partial charge in [0, 0.05) is 21.6 Å². The van der Waals surface area contributed by atoms with Gasteiger partial charge < -0.3 is 5.32 Å². The van der Waals surface area contributed by atoms with Crippen LogP contribution >= 0.6 is 23.2 Å². The second-order valence-electron chi connectivity index (χ2n) is 6.53. The lowest BCUT2D eigenvalue weighted by atomic mass is 10.2. The molecule has 1 amide bonds. The van der Waals surface area contributed by atoms with Crippen LogP contribution in [0.5, 0.6) is 0 Å². The molecule has 0 fully saturated rings. The fraction of sp³-hybridized carbons (Fsp3) is 0.0952. The van der Waals surface area contributed by atoms with E-state index in [2.05, 4.69) is 15.4 Å². The third kappa shape index (κ3) is 3.81. The number of hydrogen-bond donors (Lipinski definition) is 1. The Morgan fingerprint density at radius 3 is 2.72 bits per heavy atom. The van der Waals surface area contributed by atoms with Gasteiger partial charge in [0.05, 0.1) is 23.9 Å². The van der Waals surface area contributed by atoms with Crippen LogP contribution in [0.3, 0.4) is 0 Å². The van der Waals surface area contributed by atoms with Gasteiger partial charge in [0.2, 0.25) is 0 Å². The van der Waals surface area contributed by atoms with E-state index in [4.69, 9.17) is 23.2 Å². The van der Waals surface area contributed by atoms with E-state index < -0.39 is 11.7 Å². The number of pyridine rings is 1. The van der Waals surface area contributed by atoms with Crippen molar-refractivity contribution in [3.8, 4) is 0 Å². The fourth-order valence-corrected chi connectivity index (χ4v) is 3.56. The molecule has 2 heterocycles. The molecule has 0 saturated heterocycles. The summed E-state index contributed by atoms with van der Waals surface area (Å²) in [4.78, 5) is 16.7. The Morgan fingerprint density at radius 2 is 1.97 bits per heavy atom. The Bertz CT molecular complexity index is 1220. The largest absolute Gasteiger partial charge is 0.318 e. The van der Waals surface area contributed by atoms with Gasteiger partial charge in [-0.2, -0.15) is 5.10 Å². The number of anilines is 1. The molecule has 2 aromatic heterocycles. The molecule has 0 aliphatic heterocycles. The molecule has 146 valence electrons. The van der Waals surface area contributed by atoms with Gasteiger partial charge in [-0.3, -0.25) is 14.5 Å². The molecule has 0 atom stereocenters. The third-order valence-electron chi connectivity index (χ3n) is 4.54. The monoisotopic (exact) mass is 428 g/mol. The van der Waals surface area contributed by atoms with Crippen LogP contribution in [0.25, 0.3) is 10.9 Å². The van der Waals surface area contributed by atoms with Gasteiger partial charge in [0.1, 0.15) is 0 Å². The zero-order valence-corrected chi connectivity index (χ0v) is 16.8. The number of nitrogens with one attached hydrogen (secondary N) is 1. The summed E-state index contributed by atoms with van der Waals surface area (Å²) in [7, 11) is 0. The Morgan fingerprint density at radius 1 is 1.17 bits per heavy atom. The summed E-state index contributed by atoms with van der Waals surface area (Å²) >= 11 is 12.3. The maximum atomic E-state index is 14.1. The van der Waals surface area contributed by atoms with E-state index in [1.807, 2.05) is 24.3 Å². The highest BCUT2D eigenvalue weighted by atomic mass is 35.5. The highest BCUT2D eigenvalue weighted by Crippen LogP contribution is 2.26. The van der Waals surface area contributed by atoms with Crippen LogP contribution in [0.15, 0.2) is 54.9 Å². The maximum Gasteiger partial charge on any atom is 0.276 e. The van der Waals surface area contributed by atoms with Crippen molar-refractivity contribution >= 4 is 45.7 Å². The molecule has 0 unspecified atom stereocenters. The van der Waals surface area contributed by atoms with Crippen LogP contribution in [-0.2, 0) is 6.54 Å². The zero-order chi connectivity index (χ0) is 20.5. The summed E-state index contributed by atoms with van der Waals surface area (Å²) in [6.07, 6.45) is 2.54. The molecule has 0 bridgehead atoms. The first-order chi connectivity index (χ1) is 13.9. The van der Waals surface area contributed by atoms with Crippen molar-refractivity contribution in [2.45, 2.75) is 13.5 Å². The number of aryl methyl sites for hydroxylation is 1. The van der Waals surface area contributed by atoms with E-state index in [1.54, 1.807) is 29.8 Å². The van der Waals surface area contributed by atoms with Crippen LogP contribution < -0.4 is 5.32 Å². The van der Waals surface area contributed by atoms with E-state index in [9.17, 15) is 9.18 Å². The molecule has 8 heteroatoms. The smallest absolute Gasteiger partial charge is 0.276 e. The van der Waals surface area contributed by atoms with Crippen molar-refractivity contribution in [2.24, 2.45) is 0 Å². The number of hydrogen-bond acceptors (Lipinski definition) is 3. The standard InChI is InChI=1S/C21H15Cl2FN4O/c1-12-9-25-10-17(24)19(12)26-21(29)20-15-4-2-3-5-18(15)28(27-20)11-13-6-7-14(22)8-16(13)23/h2-10H,11H2,1H3,(H,25,26,29). The summed E-state index contributed by atoms with van der Waals surface area (Å²) in [5.41, 5.74) is 2.38. The van der Waals surface area contributed by atoms with Crippen LogP contribution in [0, 0.1) is 12.7 Å². The van der Waals surface area contributed by atoms with Crippen LogP contribution in [-0.4, -0.2) is 20.7 Å². The molecule has 1 N–H and O–H groups in total. The SMILES string of the molecule is Cc1cncc(F)c1NC(=O)c1nn(Cc2ccc(Cl)cc2Cl)c2ccccc12. The molecule has 5 nitrogen and oxygen atoms in total. The lowest BCUT2D eigenvalue weighted by molar-refractivity contribution is 0.102. The predicted octanol–water partition coefficient (Wildman–Crippen LogP) is 5.49. The number of benzene rings is 2. The van der Waals surface area contributed by atoms with Crippen molar-refractivity contribution in [1.82, 2.24) is 14.8 Å². The molecule has 4 rings (SSSR count). The summed E-state index contributed by atoms with van der Waals surface area (Å²) in [5, 5.41) is 8.80. The molecular formula is C21H15Cl2FN4O. The zero-order valence-electron chi connectivity index (χ0n) is 15.3. The Labute approximate surface area is 176 Å². The molecule has 0 spiro atoms. The molecule has 0 saturated carbocycles. The minimum Gasteiger partial charge on any atom is -0.318 e. The molecule has 29 heavy (non-hydrogen) atoms. The number of amides is 1. The molecule has 0 radical (unpaired) electrons. The van der Waals surface area contributed by atoms with Crippen molar-refractivity contribution in [3.63, 3.8) is 0 Å². The van der Waals surface area contributed by atoms with Crippen molar-refractivity contribution in [1.29, 1.82) is 0 Å². The maximum absolute atomic E-state index is 14.1. The van der Waals surface area contributed by atoms with E-state index in [-0.39, 0.29) is 11.4 Å². The first kappa shape index (κ1) is 19.4. The summed E-state index contributed by atoms with van der Waals surface area (Å²) in [6, 6.07) is 12.6. The van der Waals surface area contributed by atoms with Crippen LogP contribution in [0.1, 0.15) is 21.6 Å². The lowest BCUT2D eigenvalue weighted by Crippen LogP contribution is -2.16. The van der Waals surface area contributed by atoms with Gasteiger partial charge in [-0.05, 0) is 36.2 Å². The topological polar surface area (TPSA) is 59.8 Å². The first-order valence-electron chi connectivity index (χ1n) is 8.75. The van der Waals surface area contributed by atoms with Crippen LogP contribution in [0.2, 0.25) is 10.0 Å². The number of para-hydroxylation sites is 1. The van der Waals surface area contributed by atoms with Crippen molar-refractivity contribution in [2.75, 3.05) is 5.32 Å². The number of halogens is 3. The van der Waals surface area contributed by atoms with Gasteiger partial charge in [-0.1, -0.05) is 47.5 Å². The quantitative estimate of drug-likeness (QED) is 0.467. The third-order valence-corrected chi connectivity index (χ3v) is 5.12. The lowest BCUT2D eigenvalue weighted by Gasteiger charge is -2.08. The Kier molecular flexibility index (Phi) is 5.22.